The number of thiophene rings is 1. The minimum absolute atomic E-state index is 0.0508. The van der Waals surface area contributed by atoms with Gasteiger partial charge in [0, 0.05) is 16.8 Å². The predicted molar refractivity (Wildman–Crippen MR) is 77.9 cm³/mol. The first-order valence-electron chi connectivity index (χ1n) is 6.81. The molecule has 2 heterocycles. The largest absolute Gasteiger partial charge is 0.465 e. The molecule has 1 aliphatic carbocycles. The van der Waals surface area contributed by atoms with Crippen LogP contribution in [0.4, 0.5) is 0 Å². The van der Waals surface area contributed by atoms with Gasteiger partial charge in [-0.3, -0.25) is 9.59 Å². The summed E-state index contributed by atoms with van der Waals surface area (Å²) in [5.41, 5.74) is 1.23. The normalized spacial score (nSPS) is 18.9. The average molecular weight is 291 g/mol. The lowest BCUT2D eigenvalue weighted by molar-refractivity contribution is -0.143. The van der Waals surface area contributed by atoms with E-state index >= 15 is 0 Å². The Balaban J connectivity index is 1.89. The van der Waals surface area contributed by atoms with Gasteiger partial charge in [0.15, 0.2) is 0 Å². The van der Waals surface area contributed by atoms with E-state index in [1.54, 1.807) is 17.9 Å². The molecule has 0 N–H and O–H groups in total. The summed E-state index contributed by atoms with van der Waals surface area (Å²) in [5, 5.41) is 0. The van der Waals surface area contributed by atoms with E-state index < -0.39 is 0 Å². The molecule has 0 radical (unpaired) electrons. The summed E-state index contributed by atoms with van der Waals surface area (Å²) in [7, 11) is 0. The second kappa shape index (κ2) is 4.74. The van der Waals surface area contributed by atoms with Gasteiger partial charge in [0.2, 0.25) is 0 Å². The molecule has 106 valence electrons. The van der Waals surface area contributed by atoms with E-state index in [0.717, 1.165) is 28.2 Å². The molecule has 0 atom stereocenters. The van der Waals surface area contributed by atoms with Crippen molar-refractivity contribution < 1.29 is 14.3 Å². The summed E-state index contributed by atoms with van der Waals surface area (Å²) in [4.78, 5) is 27.6. The third-order valence-corrected chi connectivity index (χ3v) is 5.10. The number of amides is 1. The average Bonchev–Trinajstić information content (AvgIpc) is 3.04. The number of esters is 1. The Labute approximate surface area is 122 Å². The van der Waals surface area contributed by atoms with E-state index in [4.69, 9.17) is 4.74 Å². The fourth-order valence-electron chi connectivity index (χ4n) is 2.80. The van der Waals surface area contributed by atoms with Gasteiger partial charge in [0.1, 0.15) is 6.54 Å². The van der Waals surface area contributed by atoms with Crippen molar-refractivity contribution in [2.24, 2.45) is 0 Å². The summed E-state index contributed by atoms with van der Waals surface area (Å²) in [6.07, 6.45) is 3.95. The van der Waals surface area contributed by atoms with Crippen LogP contribution in [-0.2, 0) is 14.9 Å². The van der Waals surface area contributed by atoms with E-state index in [1.807, 2.05) is 0 Å². The van der Waals surface area contributed by atoms with E-state index in [2.05, 4.69) is 12.6 Å². The minimum Gasteiger partial charge on any atom is -0.465 e. The lowest BCUT2D eigenvalue weighted by Crippen LogP contribution is -2.45. The maximum Gasteiger partial charge on any atom is 0.325 e. The fraction of sp³-hybridized carbons (Fsp3) is 0.467. The Morgan fingerprint density at radius 2 is 2.35 bits per heavy atom. The SMILES string of the molecule is C=Cc1cc2c(s1)C(=O)N(CC(=O)OCC)CC21CC1. The highest BCUT2D eigenvalue weighted by Gasteiger charge is 2.52. The highest BCUT2D eigenvalue weighted by Crippen LogP contribution is 2.54. The molecule has 1 fully saturated rings. The van der Waals surface area contributed by atoms with Gasteiger partial charge in [-0.15, -0.1) is 11.3 Å². The molecule has 1 aliphatic heterocycles. The maximum absolute atomic E-state index is 12.5. The van der Waals surface area contributed by atoms with Crippen molar-refractivity contribution >= 4 is 29.3 Å². The van der Waals surface area contributed by atoms with Crippen molar-refractivity contribution in [3.8, 4) is 0 Å². The molecule has 4 nitrogen and oxygen atoms in total. The first kappa shape index (κ1) is 13.4. The number of carbonyl (C=O) groups is 2. The summed E-state index contributed by atoms with van der Waals surface area (Å²) in [5.74, 6) is -0.385. The van der Waals surface area contributed by atoms with E-state index in [-0.39, 0.29) is 23.8 Å². The van der Waals surface area contributed by atoms with Crippen LogP contribution in [-0.4, -0.2) is 36.5 Å². The predicted octanol–water partition coefficient (Wildman–Crippen LogP) is 2.44. The quantitative estimate of drug-likeness (QED) is 0.801. The Hall–Kier alpha value is -1.62. The molecule has 1 saturated carbocycles. The van der Waals surface area contributed by atoms with E-state index in [1.165, 1.54) is 11.3 Å². The zero-order valence-corrected chi connectivity index (χ0v) is 12.3. The van der Waals surface area contributed by atoms with Crippen LogP contribution in [0, 0.1) is 0 Å². The van der Waals surface area contributed by atoms with Crippen molar-refractivity contribution in [3.63, 3.8) is 0 Å². The van der Waals surface area contributed by atoms with E-state index in [9.17, 15) is 9.59 Å². The Morgan fingerprint density at radius 3 is 2.95 bits per heavy atom. The van der Waals surface area contributed by atoms with Gasteiger partial charge in [0.25, 0.3) is 5.91 Å². The van der Waals surface area contributed by atoms with Crippen LogP contribution in [0.25, 0.3) is 6.08 Å². The van der Waals surface area contributed by atoms with Gasteiger partial charge in [-0.2, -0.15) is 0 Å². The number of carbonyl (C=O) groups excluding carboxylic acids is 2. The van der Waals surface area contributed by atoms with Crippen LogP contribution in [0.5, 0.6) is 0 Å². The fourth-order valence-corrected chi connectivity index (χ4v) is 3.90. The van der Waals surface area contributed by atoms with Crippen molar-refractivity contribution in [2.45, 2.75) is 25.2 Å². The molecule has 1 amide bonds. The van der Waals surface area contributed by atoms with E-state index in [0.29, 0.717) is 13.2 Å². The van der Waals surface area contributed by atoms with Crippen LogP contribution in [0.2, 0.25) is 0 Å². The van der Waals surface area contributed by atoms with Crippen molar-refractivity contribution in [1.82, 2.24) is 4.90 Å². The smallest absolute Gasteiger partial charge is 0.325 e. The number of hydrogen-bond donors (Lipinski definition) is 0. The topological polar surface area (TPSA) is 46.6 Å². The van der Waals surface area contributed by atoms with Crippen molar-refractivity contribution in [2.75, 3.05) is 19.7 Å². The molecule has 1 spiro atoms. The number of ether oxygens (including phenoxy) is 1. The molecule has 0 unspecified atom stereocenters. The molecule has 1 aromatic rings. The van der Waals surface area contributed by atoms with Crippen LogP contribution in [0.3, 0.4) is 0 Å². The molecular weight excluding hydrogens is 274 g/mol. The number of fused-ring (bicyclic) bond motifs is 2. The highest BCUT2D eigenvalue weighted by molar-refractivity contribution is 7.15. The van der Waals surface area contributed by atoms with Crippen molar-refractivity contribution in [1.29, 1.82) is 0 Å². The summed E-state index contributed by atoms with van der Waals surface area (Å²) >= 11 is 1.47. The van der Waals surface area contributed by atoms with Gasteiger partial charge < -0.3 is 9.64 Å². The Kier molecular flexibility index (Phi) is 3.17. The summed E-state index contributed by atoms with van der Waals surface area (Å²) in [6.45, 7) is 6.57. The molecule has 0 bridgehead atoms. The van der Waals surface area contributed by atoms with Crippen LogP contribution >= 0.6 is 11.3 Å². The number of hydrogen-bond acceptors (Lipinski definition) is 4. The van der Waals surface area contributed by atoms with Gasteiger partial charge in [-0.25, -0.2) is 0 Å². The molecule has 5 heteroatoms. The minimum atomic E-state index is -0.333. The molecule has 2 aliphatic rings. The highest BCUT2D eigenvalue weighted by atomic mass is 32.1. The second-order valence-corrected chi connectivity index (χ2v) is 6.43. The van der Waals surface area contributed by atoms with Gasteiger partial charge in [-0.05, 0) is 31.4 Å². The van der Waals surface area contributed by atoms with Crippen molar-refractivity contribution in [3.05, 3.63) is 28.0 Å². The van der Waals surface area contributed by atoms with Gasteiger partial charge in [-0.1, -0.05) is 12.7 Å². The second-order valence-electron chi connectivity index (χ2n) is 5.34. The molecular formula is C15H17NO3S. The maximum atomic E-state index is 12.5. The number of nitrogens with zero attached hydrogens (tertiary/aromatic N) is 1. The van der Waals surface area contributed by atoms with Crippen LogP contribution < -0.4 is 0 Å². The monoisotopic (exact) mass is 291 g/mol. The molecule has 1 aromatic heterocycles. The molecule has 20 heavy (non-hydrogen) atoms. The lowest BCUT2D eigenvalue weighted by atomic mass is 9.91. The van der Waals surface area contributed by atoms with Gasteiger partial charge >= 0.3 is 5.97 Å². The molecule has 0 saturated heterocycles. The summed E-state index contributed by atoms with van der Waals surface area (Å²) < 4.78 is 4.95. The molecule has 0 aromatic carbocycles. The zero-order valence-electron chi connectivity index (χ0n) is 11.5. The third-order valence-electron chi connectivity index (χ3n) is 3.98. The summed E-state index contributed by atoms with van der Waals surface area (Å²) in [6, 6.07) is 2.08. The van der Waals surface area contributed by atoms with Crippen LogP contribution in [0.15, 0.2) is 12.6 Å². The number of rotatable bonds is 4. The van der Waals surface area contributed by atoms with Gasteiger partial charge in [0.05, 0.1) is 11.5 Å². The molecule has 3 rings (SSSR count). The third kappa shape index (κ3) is 2.06. The van der Waals surface area contributed by atoms with Crippen LogP contribution in [0.1, 0.15) is 39.9 Å². The lowest BCUT2D eigenvalue weighted by Gasteiger charge is -2.32. The Morgan fingerprint density at radius 1 is 1.60 bits per heavy atom. The first-order valence-corrected chi connectivity index (χ1v) is 7.63. The standard InChI is InChI=1S/C15H17NO3S/c1-3-10-7-11-13(20-10)14(18)16(8-12(17)19-4-2)9-15(11)5-6-15/h3,7H,1,4-6,8-9H2,2H3. The first-order chi connectivity index (χ1) is 9.59. The zero-order chi connectivity index (χ0) is 14.3. The Bertz CT molecular complexity index is 586.